The second-order valence-electron chi connectivity index (χ2n) is 8.50. The van der Waals surface area contributed by atoms with Gasteiger partial charge in [0.25, 0.3) is 5.91 Å². The Balaban J connectivity index is 1.75. The minimum Gasteiger partial charge on any atom is -0.490 e. The van der Waals surface area contributed by atoms with Crippen molar-refractivity contribution in [2.24, 2.45) is 4.99 Å². The molecule has 1 fully saturated rings. The van der Waals surface area contributed by atoms with Gasteiger partial charge in [-0.1, -0.05) is 48.3 Å². The lowest BCUT2D eigenvalue weighted by atomic mass is 10.1. The number of aliphatic imine (C=N–C) groups is 1. The number of halogens is 2. The van der Waals surface area contributed by atoms with E-state index in [4.69, 9.17) is 37.7 Å². The average molecular weight is 556 g/mol. The lowest BCUT2D eigenvalue weighted by Crippen LogP contribution is -2.28. The number of nitrogens with zero attached hydrogens (tertiary/aromatic N) is 2. The molecule has 5 nitrogen and oxygen atoms in total. The van der Waals surface area contributed by atoms with Crippen molar-refractivity contribution in [1.82, 2.24) is 0 Å². The van der Waals surface area contributed by atoms with Crippen LogP contribution in [0.5, 0.6) is 11.5 Å². The Hall–Kier alpha value is -2.93. The van der Waals surface area contributed by atoms with E-state index < -0.39 is 0 Å². The minimum absolute atomic E-state index is 0.189. The number of rotatable bonds is 8. The molecular weight excluding hydrogens is 527 g/mol. The smallest absolute Gasteiger partial charge is 0.271 e. The molecule has 1 aliphatic rings. The molecule has 0 spiro atoms. The largest absolute Gasteiger partial charge is 0.490 e. The van der Waals surface area contributed by atoms with E-state index in [-0.39, 0.29) is 5.91 Å². The molecule has 0 saturated carbocycles. The Bertz CT molecular complexity index is 1390. The fraction of sp³-hybridized carbons (Fsp3) is 0.241. The Morgan fingerprint density at radius 1 is 0.919 bits per heavy atom. The van der Waals surface area contributed by atoms with Gasteiger partial charge < -0.3 is 9.47 Å². The predicted octanol–water partition coefficient (Wildman–Crippen LogP) is 8.61. The Morgan fingerprint density at radius 2 is 1.65 bits per heavy atom. The summed E-state index contributed by atoms with van der Waals surface area (Å²) >= 11 is 14.0. The van der Waals surface area contributed by atoms with Crippen molar-refractivity contribution in [2.45, 2.75) is 34.1 Å². The van der Waals surface area contributed by atoms with Crippen molar-refractivity contribution in [2.75, 3.05) is 18.1 Å². The van der Waals surface area contributed by atoms with Gasteiger partial charge in [0.2, 0.25) is 0 Å². The van der Waals surface area contributed by atoms with Gasteiger partial charge in [0.05, 0.1) is 29.5 Å². The zero-order valence-electron chi connectivity index (χ0n) is 21.2. The van der Waals surface area contributed by atoms with Gasteiger partial charge in [-0.05, 0) is 98.1 Å². The van der Waals surface area contributed by atoms with Crippen molar-refractivity contribution in [3.05, 3.63) is 86.2 Å². The highest BCUT2D eigenvalue weighted by atomic mass is 35.5. The molecule has 1 aliphatic heterocycles. The van der Waals surface area contributed by atoms with Crippen LogP contribution in [0.25, 0.3) is 6.08 Å². The molecule has 37 heavy (non-hydrogen) atoms. The van der Waals surface area contributed by atoms with E-state index in [0.717, 1.165) is 23.1 Å². The third-order valence-electron chi connectivity index (χ3n) is 5.63. The van der Waals surface area contributed by atoms with Crippen molar-refractivity contribution < 1.29 is 14.3 Å². The van der Waals surface area contributed by atoms with Crippen LogP contribution < -0.4 is 14.4 Å². The van der Waals surface area contributed by atoms with E-state index in [2.05, 4.69) is 6.92 Å². The summed E-state index contributed by atoms with van der Waals surface area (Å²) in [4.78, 5) is 20.6. The molecule has 3 aromatic carbocycles. The fourth-order valence-electron chi connectivity index (χ4n) is 3.62. The summed E-state index contributed by atoms with van der Waals surface area (Å²) in [7, 11) is 0. The van der Waals surface area contributed by atoms with Crippen LogP contribution in [0.3, 0.4) is 0 Å². The highest BCUT2D eigenvalue weighted by molar-refractivity contribution is 8.19. The Kier molecular flexibility index (Phi) is 8.85. The maximum atomic E-state index is 13.7. The van der Waals surface area contributed by atoms with E-state index in [1.165, 1.54) is 11.8 Å². The van der Waals surface area contributed by atoms with Gasteiger partial charge in [0.15, 0.2) is 16.7 Å². The zero-order valence-corrected chi connectivity index (χ0v) is 23.5. The molecule has 0 N–H and O–H groups in total. The summed E-state index contributed by atoms with van der Waals surface area (Å²) in [6.45, 7) is 8.95. The van der Waals surface area contributed by atoms with Crippen molar-refractivity contribution in [3.63, 3.8) is 0 Å². The molecule has 192 valence electrons. The number of anilines is 1. The fourth-order valence-corrected chi connectivity index (χ4v) is 4.97. The topological polar surface area (TPSA) is 51.1 Å². The highest BCUT2D eigenvalue weighted by Gasteiger charge is 2.35. The van der Waals surface area contributed by atoms with E-state index in [9.17, 15) is 4.79 Å². The van der Waals surface area contributed by atoms with Crippen LogP contribution in [0, 0.1) is 13.8 Å². The summed E-state index contributed by atoms with van der Waals surface area (Å²) in [6.07, 6.45) is 2.74. The molecule has 1 heterocycles. The zero-order chi connectivity index (χ0) is 26.5. The second-order valence-corrected chi connectivity index (χ2v) is 10.3. The lowest BCUT2D eigenvalue weighted by molar-refractivity contribution is -0.113. The van der Waals surface area contributed by atoms with Crippen LogP contribution in [0.4, 0.5) is 11.4 Å². The van der Waals surface area contributed by atoms with Gasteiger partial charge in [0.1, 0.15) is 0 Å². The molecule has 0 aliphatic carbocycles. The van der Waals surface area contributed by atoms with Crippen molar-refractivity contribution in [1.29, 1.82) is 0 Å². The summed E-state index contributed by atoms with van der Waals surface area (Å²) in [5.41, 5.74) is 4.01. The van der Waals surface area contributed by atoms with E-state index in [1.807, 2.05) is 69.3 Å². The second kappa shape index (κ2) is 12.1. The van der Waals surface area contributed by atoms with Crippen LogP contribution in [-0.2, 0) is 4.79 Å². The van der Waals surface area contributed by atoms with Crippen LogP contribution >= 0.6 is 35.0 Å². The first-order chi connectivity index (χ1) is 17.8. The third kappa shape index (κ3) is 6.32. The molecule has 0 atom stereocenters. The maximum absolute atomic E-state index is 13.7. The molecule has 1 saturated heterocycles. The monoisotopic (exact) mass is 554 g/mol. The maximum Gasteiger partial charge on any atom is 0.271 e. The van der Waals surface area contributed by atoms with Gasteiger partial charge in [-0.15, -0.1) is 0 Å². The standard InChI is InChI=1S/C29H28Cl2N2O3S/c1-5-13-36-25-12-9-20(14-26(25)35-6-2)15-27-28(34)33(22-11-8-19(4)24(31)17-22)29(37-27)32-21-10-7-18(3)23(30)16-21/h7-12,14-17H,5-6,13H2,1-4H3/b27-15+,32-29?. The number of benzene rings is 3. The SMILES string of the molecule is CCCOc1ccc(/C=C2/SC(=Nc3ccc(C)c(Cl)c3)N(c3ccc(C)c(Cl)c3)C2=O)cc1OCC. The lowest BCUT2D eigenvalue weighted by Gasteiger charge is -2.16. The predicted molar refractivity (Wildman–Crippen MR) is 156 cm³/mol. The molecule has 3 aromatic rings. The first-order valence-corrected chi connectivity index (χ1v) is 13.6. The van der Waals surface area contributed by atoms with Gasteiger partial charge in [-0.2, -0.15) is 0 Å². The highest BCUT2D eigenvalue weighted by Crippen LogP contribution is 2.39. The van der Waals surface area contributed by atoms with E-state index in [1.54, 1.807) is 17.0 Å². The molecular formula is C29H28Cl2N2O3S. The molecule has 8 heteroatoms. The quantitative estimate of drug-likeness (QED) is 0.261. The minimum atomic E-state index is -0.189. The van der Waals surface area contributed by atoms with Crippen LogP contribution in [-0.4, -0.2) is 24.3 Å². The van der Waals surface area contributed by atoms with Crippen LogP contribution in [0.2, 0.25) is 10.0 Å². The normalized spacial score (nSPS) is 15.6. The number of hydrogen-bond donors (Lipinski definition) is 0. The third-order valence-corrected chi connectivity index (χ3v) is 7.41. The summed E-state index contributed by atoms with van der Waals surface area (Å²) < 4.78 is 11.6. The number of hydrogen-bond acceptors (Lipinski definition) is 5. The summed E-state index contributed by atoms with van der Waals surface area (Å²) in [6, 6.07) is 16.8. The summed E-state index contributed by atoms with van der Waals surface area (Å²) in [5, 5.41) is 1.71. The number of amidine groups is 1. The van der Waals surface area contributed by atoms with Gasteiger partial charge in [-0.3, -0.25) is 9.69 Å². The first-order valence-electron chi connectivity index (χ1n) is 12.0. The van der Waals surface area contributed by atoms with Crippen molar-refractivity contribution in [3.8, 4) is 11.5 Å². The number of aryl methyl sites for hydroxylation is 2. The summed E-state index contributed by atoms with van der Waals surface area (Å²) in [5.74, 6) is 1.14. The van der Waals surface area contributed by atoms with Crippen LogP contribution in [0.1, 0.15) is 37.0 Å². The molecule has 4 rings (SSSR count). The molecule has 0 radical (unpaired) electrons. The number of amides is 1. The number of ether oxygens (including phenoxy) is 2. The average Bonchev–Trinajstić information content (AvgIpc) is 3.17. The van der Waals surface area contributed by atoms with Gasteiger partial charge in [-0.25, -0.2) is 4.99 Å². The molecule has 0 aromatic heterocycles. The van der Waals surface area contributed by atoms with Gasteiger partial charge in [0, 0.05) is 10.0 Å². The Morgan fingerprint density at radius 3 is 2.32 bits per heavy atom. The molecule has 1 amide bonds. The number of thioether (sulfide) groups is 1. The number of carbonyl (C=O) groups is 1. The first kappa shape index (κ1) is 27.1. The van der Waals surface area contributed by atoms with Crippen LogP contribution in [0.15, 0.2) is 64.5 Å². The molecule has 0 unspecified atom stereocenters. The molecule has 0 bridgehead atoms. The number of carbonyl (C=O) groups excluding carboxylic acids is 1. The van der Waals surface area contributed by atoms with Gasteiger partial charge >= 0.3 is 0 Å². The van der Waals surface area contributed by atoms with Crippen molar-refractivity contribution >= 4 is 63.5 Å². The van der Waals surface area contributed by atoms with E-state index >= 15 is 0 Å². The van der Waals surface area contributed by atoms with E-state index in [0.29, 0.717) is 56.2 Å². The Labute approximate surface area is 232 Å².